The third kappa shape index (κ3) is 2.99. The van der Waals surface area contributed by atoms with E-state index in [-0.39, 0.29) is 17.4 Å². The summed E-state index contributed by atoms with van der Waals surface area (Å²) in [5.41, 5.74) is -0.00514. The van der Waals surface area contributed by atoms with Gasteiger partial charge in [-0.25, -0.2) is 0 Å². The van der Waals surface area contributed by atoms with Crippen LogP contribution in [-0.2, 0) is 9.53 Å². The summed E-state index contributed by atoms with van der Waals surface area (Å²) in [5.74, 6) is 0.409. The zero-order valence-electron chi connectivity index (χ0n) is 8.72. The maximum absolute atomic E-state index is 11.4. The van der Waals surface area contributed by atoms with Crippen LogP contribution in [0.25, 0.3) is 0 Å². The van der Waals surface area contributed by atoms with E-state index < -0.39 is 0 Å². The zero-order chi connectivity index (χ0) is 9.90. The van der Waals surface area contributed by atoms with Crippen LogP contribution in [0.5, 0.6) is 0 Å². The molecule has 0 saturated carbocycles. The van der Waals surface area contributed by atoms with Crippen molar-refractivity contribution in [3.05, 3.63) is 0 Å². The monoisotopic (exact) mass is 185 g/mol. The molecule has 1 unspecified atom stereocenters. The summed E-state index contributed by atoms with van der Waals surface area (Å²) in [4.78, 5) is 11.4. The van der Waals surface area contributed by atoms with E-state index in [4.69, 9.17) is 4.74 Å². The number of carbonyl (C=O) groups excluding carboxylic acids is 1. The second-order valence-corrected chi connectivity index (χ2v) is 4.41. The summed E-state index contributed by atoms with van der Waals surface area (Å²) in [5, 5.41) is 2.99. The third-order valence-electron chi connectivity index (χ3n) is 2.49. The lowest BCUT2D eigenvalue weighted by Crippen LogP contribution is -2.34. The molecular weight excluding hydrogens is 166 g/mol. The molecule has 1 heterocycles. The van der Waals surface area contributed by atoms with Crippen LogP contribution in [0.4, 0.5) is 0 Å². The molecule has 0 radical (unpaired) electrons. The van der Waals surface area contributed by atoms with Crippen molar-refractivity contribution in [1.29, 1.82) is 0 Å². The van der Waals surface area contributed by atoms with Crippen molar-refractivity contribution in [1.82, 2.24) is 5.32 Å². The summed E-state index contributed by atoms with van der Waals surface area (Å²) in [7, 11) is 1.69. The number of methoxy groups -OCH3 is 1. The summed E-state index contributed by atoms with van der Waals surface area (Å²) in [6, 6.07) is 0. The second-order valence-electron chi connectivity index (χ2n) is 4.41. The highest BCUT2D eigenvalue weighted by Gasteiger charge is 2.36. The number of nitrogens with one attached hydrogen (secondary N) is 1. The first-order chi connectivity index (χ1) is 6.05. The Morgan fingerprint density at radius 3 is 2.77 bits per heavy atom. The van der Waals surface area contributed by atoms with Crippen LogP contribution in [0, 0.1) is 5.92 Å². The lowest BCUT2D eigenvalue weighted by Gasteiger charge is -2.16. The van der Waals surface area contributed by atoms with E-state index in [0.29, 0.717) is 0 Å². The van der Waals surface area contributed by atoms with Gasteiger partial charge in [0, 0.05) is 25.2 Å². The lowest BCUT2D eigenvalue weighted by molar-refractivity contribution is -0.123. The molecule has 76 valence electrons. The van der Waals surface area contributed by atoms with Crippen molar-refractivity contribution < 1.29 is 9.53 Å². The SMILES string of the molecule is COCCCC1CC(C)(C)NC1=O. The van der Waals surface area contributed by atoms with Gasteiger partial charge in [0.05, 0.1) is 0 Å². The Morgan fingerprint density at radius 1 is 1.62 bits per heavy atom. The van der Waals surface area contributed by atoms with Crippen LogP contribution < -0.4 is 5.32 Å². The molecule has 13 heavy (non-hydrogen) atoms. The Balaban J connectivity index is 2.31. The van der Waals surface area contributed by atoms with Gasteiger partial charge in [-0.1, -0.05) is 0 Å². The van der Waals surface area contributed by atoms with Gasteiger partial charge in [-0.15, -0.1) is 0 Å². The van der Waals surface area contributed by atoms with Gasteiger partial charge in [0.25, 0.3) is 0 Å². The van der Waals surface area contributed by atoms with Gasteiger partial charge >= 0.3 is 0 Å². The number of rotatable bonds is 4. The van der Waals surface area contributed by atoms with Crippen LogP contribution in [0.3, 0.4) is 0 Å². The Bertz CT molecular complexity index is 189. The van der Waals surface area contributed by atoms with Crippen molar-refractivity contribution in [2.75, 3.05) is 13.7 Å². The maximum atomic E-state index is 11.4. The molecule has 1 N–H and O–H groups in total. The van der Waals surface area contributed by atoms with Crippen LogP contribution >= 0.6 is 0 Å². The molecule has 1 saturated heterocycles. The van der Waals surface area contributed by atoms with E-state index in [1.165, 1.54) is 0 Å². The van der Waals surface area contributed by atoms with Gasteiger partial charge < -0.3 is 10.1 Å². The summed E-state index contributed by atoms with van der Waals surface area (Å²) < 4.78 is 4.96. The van der Waals surface area contributed by atoms with E-state index in [0.717, 1.165) is 25.9 Å². The third-order valence-corrected chi connectivity index (χ3v) is 2.49. The van der Waals surface area contributed by atoms with Crippen molar-refractivity contribution in [2.24, 2.45) is 5.92 Å². The van der Waals surface area contributed by atoms with Crippen LogP contribution in [0.2, 0.25) is 0 Å². The Kier molecular flexibility index (Phi) is 3.31. The van der Waals surface area contributed by atoms with E-state index >= 15 is 0 Å². The average molecular weight is 185 g/mol. The number of carbonyl (C=O) groups is 1. The summed E-state index contributed by atoms with van der Waals surface area (Å²) >= 11 is 0. The molecule has 0 bridgehead atoms. The minimum Gasteiger partial charge on any atom is -0.385 e. The van der Waals surface area contributed by atoms with Crippen LogP contribution in [0.15, 0.2) is 0 Å². The van der Waals surface area contributed by atoms with Crippen molar-refractivity contribution in [3.8, 4) is 0 Å². The number of ether oxygens (including phenoxy) is 1. The molecule has 1 rings (SSSR count). The van der Waals surface area contributed by atoms with E-state index in [9.17, 15) is 4.79 Å². The van der Waals surface area contributed by atoms with Crippen molar-refractivity contribution in [3.63, 3.8) is 0 Å². The molecule has 0 aromatic rings. The Labute approximate surface area is 79.8 Å². The highest BCUT2D eigenvalue weighted by Crippen LogP contribution is 2.27. The molecule has 0 aromatic carbocycles. The van der Waals surface area contributed by atoms with Crippen LogP contribution in [0.1, 0.15) is 33.1 Å². The van der Waals surface area contributed by atoms with Gasteiger partial charge in [0.15, 0.2) is 0 Å². The summed E-state index contributed by atoms with van der Waals surface area (Å²) in [6.45, 7) is 4.90. The van der Waals surface area contributed by atoms with Crippen molar-refractivity contribution >= 4 is 5.91 Å². The predicted molar refractivity (Wildman–Crippen MR) is 51.4 cm³/mol. The highest BCUT2D eigenvalue weighted by molar-refractivity contribution is 5.81. The van der Waals surface area contributed by atoms with E-state index in [1.807, 2.05) is 0 Å². The van der Waals surface area contributed by atoms with Gasteiger partial charge in [0.2, 0.25) is 5.91 Å². The fourth-order valence-corrected chi connectivity index (χ4v) is 1.90. The number of hydrogen-bond acceptors (Lipinski definition) is 2. The molecule has 0 aromatic heterocycles. The van der Waals surface area contributed by atoms with Gasteiger partial charge in [-0.2, -0.15) is 0 Å². The second kappa shape index (κ2) is 4.09. The molecular formula is C10H19NO2. The van der Waals surface area contributed by atoms with E-state index in [1.54, 1.807) is 7.11 Å². The molecule has 1 atom stereocenters. The first kappa shape index (κ1) is 10.5. The fraction of sp³-hybridized carbons (Fsp3) is 0.900. The maximum Gasteiger partial charge on any atom is 0.223 e. The minimum atomic E-state index is -0.00514. The molecule has 1 amide bonds. The first-order valence-corrected chi connectivity index (χ1v) is 4.86. The Hall–Kier alpha value is -0.570. The average Bonchev–Trinajstić information content (AvgIpc) is 2.25. The largest absolute Gasteiger partial charge is 0.385 e. The molecule has 0 aliphatic carbocycles. The topological polar surface area (TPSA) is 38.3 Å². The van der Waals surface area contributed by atoms with Gasteiger partial charge in [0.1, 0.15) is 0 Å². The quantitative estimate of drug-likeness (QED) is 0.671. The molecule has 3 heteroatoms. The van der Waals surface area contributed by atoms with Crippen LogP contribution in [-0.4, -0.2) is 25.2 Å². The normalized spacial score (nSPS) is 26.1. The first-order valence-electron chi connectivity index (χ1n) is 4.86. The zero-order valence-corrected chi connectivity index (χ0v) is 8.72. The highest BCUT2D eigenvalue weighted by atomic mass is 16.5. The standard InChI is InChI=1S/C10H19NO2/c1-10(2)7-8(9(12)11-10)5-4-6-13-3/h8H,4-7H2,1-3H3,(H,11,12). The molecule has 3 nitrogen and oxygen atoms in total. The van der Waals surface area contributed by atoms with E-state index in [2.05, 4.69) is 19.2 Å². The molecule has 1 aliphatic rings. The lowest BCUT2D eigenvalue weighted by atomic mass is 9.93. The minimum absolute atomic E-state index is 0.00514. The van der Waals surface area contributed by atoms with Crippen molar-refractivity contribution in [2.45, 2.75) is 38.6 Å². The van der Waals surface area contributed by atoms with Gasteiger partial charge in [-0.05, 0) is 33.1 Å². The smallest absolute Gasteiger partial charge is 0.223 e. The summed E-state index contributed by atoms with van der Waals surface area (Å²) in [6.07, 6.45) is 2.88. The molecule has 1 aliphatic heterocycles. The molecule has 1 fully saturated rings. The Morgan fingerprint density at radius 2 is 2.31 bits per heavy atom. The number of hydrogen-bond donors (Lipinski definition) is 1. The predicted octanol–water partition coefficient (Wildman–Crippen LogP) is 1.33. The fourth-order valence-electron chi connectivity index (χ4n) is 1.90. The number of amides is 1. The van der Waals surface area contributed by atoms with Gasteiger partial charge in [-0.3, -0.25) is 4.79 Å². The molecule has 0 spiro atoms.